The highest BCUT2D eigenvalue weighted by Crippen LogP contribution is 2.38. The molecule has 2 aliphatic carbocycles. The summed E-state index contributed by atoms with van der Waals surface area (Å²) in [6, 6.07) is 0.751. The normalized spacial score (nSPS) is 33.3. The van der Waals surface area contributed by atoms with Crippen LogP contribution in [-0.4, -0.2) is 42.8 Å². The van der Waals surface area contributed by atoms with Crippen molar-refractivity contribution in [1.29, 1.82) is 0 Å². The maximum atomic E-state index is 12.6. The van der Waals surface area contributed by atoms with Crippen molar-refractivity contribution >= 4 is 0 Å². The molecule has 5 heteroatoms. The van der Waals surface area contributed by atoms with Crippen LogP contribution in [0.15, 0.2) is 0 Å². The molecule has 0 amide bonds. The maximum Gasteiger partial charge on any atom is 0.390 e. The van der Waals surface area contributed by atoms with E-state index in [-0.39, 0.29) is 6.54 Å². The van der Waals surface area contributed by atoms with Crippen LogP contribution in [0.2, 0.25) is 0 Å². The van der Waals surface area contributed by atoms with E-state index in [4.69, 9.17) is 0 Å². The highest BCUT2D eigenvalue weighted by atomic mass is 19.4. The van der Waals surface area contributed by atoms with E-state index in [1.165, 1.54) is 44.9 Å². The molecule has 0 aromatic rings. The Labute approximate surface area is 125 Å². The molecular formula is C16H27F3N2. The lowest BCUT2D eigenvalue weighted by molar-refractivity contribution is -0.140. The average Bonchev–Trinajstić information content (AvgIpc) is 3.29. The highest BCUT2D eigenvalue weighted by Gasteiger charge is 2.41. The number of nitrogens with one attached hydrogen (secondary N) is 1. The van der Waals surface area contributed by atoms with Crippen molar-refractivity contribution in [3.63, 3.8) is 0 Å². The van der Waals surface area contributed by atoms with Crippen molar-refractivity contribution in [3.8, 4) is 0 Å². The fraction of sp³-hybridized carbons (Fsp3) is 1.00. The fourth-order valence-electron chi connectivity index (χ4n) is 4.18. The Bertz CT molecular complexity index is 335. The van der Waals surface area contributed by atoms with Gasteiger partial charge in [-0.15, -0.1) is 0 Å². The minimum Gasteiger partial charge on any atom is -0.311 e. The molecular weight excluding hydrogens is 277 g/mol. The number of hydrogen-bond acceptors (Lipinski definition) is 2. The Morgan fingerprint density at radius 2 is 1.67 bits per heavy atom. The van der Waals surface area contributed by atoms with Gasteiger partial charge >= 0.3 is 6.18 Å². The molecule has 1 saturated heterocycles. The van der Waals surface area contributed by atoms with Gasteiger partial charge in [-0.05, 0) is 37.5 Å². The van der Waals surface area contributed by atoms with Gasteiger partial charge in [0.2, 0.25) is 0 Å². The molecule has 0 radical (unpaired) electrons. The number of nitrogens with zero attached hydrogens (tertiary/aromatic N) is 1. The summed E-state index contributed by atoms with van der Waals surface area (Å²) in [7, 11) is 0. The lowest BCUT2D eigenvalue weighted by Crippen LogP contribution is -2.60. The molecule has 0 aromatic carbocycles. The second-order valence-electron chi connectivity index (χ2n) is 7.18. The topological polar surface area (TPSA) is 15.3 Å². The van der Waals surface area contributed by atoms with Crippen molar-refractivity contribution in [2.24, 2.45) is 11.8 Å². The van der Waals surface area contributed by atoms with Crippen molar-refractivity contribution in [1.82, 2.24) is 10.2 Å². The van der Waals surface area contributed by atoms with Crippen LogP contribution in [0.25, 0.3) is 0 Å². The van der Waals surface area contributed by atoms with Gasteiger partial charge in [0, 0.05) is 31.7 Å². The molecule has 1 N–H and O–H groups in total. The monoisotopic (exact) mass is 304 g/mol. The van der Waals surface area contributed by atoms with Crippen LogP contribution in [0, 0.1) is 11.8 Å². The molecule has 2 unspecified atom stereocenters. The number of halogens is 3. The molecule has 0 spiro atoms. The molecule has 3 fully saturated rings. The average molecular weight is 304 g/mol. The van der Waals surface area contributed by atoms with E-state index in [2.05, 4.69) is 10.2 Å². The van der Waals surface area contributed by atoms with Crippen molar-refractivity contribution in [2.75, 3.05) is 19.6 Å². The van der Waals surface area contributed by atoms with E-state index in [0.717, 1.165) is 13.1 Å². The molecule has 2 saturated carbocycles. The Kier molecular flexibility index (Phi) is 4.79. The second-order valence-corrected chi connectivity index (χ2v) is 7.18. The van der Waals surface area contributed by atoms with Crippen LogP contribution in [0.1, 0.15) is 51.4 Å². The molecule has 1 aliphatic heterocycles. The number of piperazine rings is 1. The molecule has 3 rings (SSSR count). The summed E-state index contributed by atoms with van der Waals surface area (Å²) in [4.78, 5) is 2.15. The van der Waals surface area contributed by atoms with Crippen molar-refractivity contribution in [3.05, 3.63) is 0 Å². The first-order chi connectivity index (χ1) is 10.0. The van der Waals surface area contributed by atoms with Crippen LogP contribution in [0.5, 0.6) is 0 Å². The zero-order valence-corrected chi connectivity index (χ0v) is 12.7. The van der Waals surface area contributed by atoms with E-state index < -0.39 is 12.6 Å². The predicted molar refractivity (Wildman–Crippen MR) is 77.1 cm³/mol. The van der Waals surface area contributed by atoms with E-state index >= 15 is 0 Å². The fourth-order valence-corrected chi connectivity index (χ4v) is 4.18. The predicted octanol–water partition coefficient (Wildman–Crippen LogP) is 3.57. The molecule has 2 nitrogen and oxygen atoms in total. The summed E-state index contributed by atoms with van der Waals surface area (Å²) in [5, 5.41) is 3.66. The number of rotatable bonds is 4. The van der Waals surface area contributed by atoms with E-state index in [1.54, 1.807) is 0 Å². The third-order valence-corrected chi connectivity index (χ3v) is 5.56. The van der Waals surface area contributed by atoms with Gasteiger partial charge in [-0.2, -0.15) is 13.2 Å². The first-order valence-electron chi connectivity index (χ1n) is 8.57. The largest absolute Gasteiger partial charge is 0.390 e. The summed E-state index contributed by atoms with van der Waals surface area (Å²) >= 11 is 0. The van der Waals surface area contributed by atoms with E-state index in [9.17, 15) is 13.2 Å². The summed E-state index contributed by atoms with van der Waals surface area (Å²) in [6.07, 6.45) is 4.11. The molecule has 0 bridgehead atoms. The van der Waals surface area contributed by atoms with Crippen molar-refractivity contribution < 1.29 is 13.2 Å². The molecule has 2 atom stereocenters. The third kappa shape index (κ3) is 4.35. The van der Waals surface area contributed by atoms with Gasteiger partial charge in [0.15, 0.2) is 0 Å². The number of hydrogen-bond donors (Lipinski definition) is 1. The van der Waals surface area contributed by atoms with Gasteiger partial charge < -0.3 is 5.32 Å². The Balaban J connectivity index is 1.57. The van der Waals surface area contributed by atoms with Crippen molar-refractivity contribution in [2.45, 2.75) is 69.6 Å². The Hall–Kier alpha value is -0.290. The summed E-state index contributed by atoms with van der Waals surface area (Å²) in [6.45, 7) is 1.90. The van der Waals surface area contributed by atoms with Gasteiger partial charge in [0.25, 0.3) is 0 Å². The quantitative estimate of drug-likeness (QED) is 0.854. The molecule has 122 valence electrons. The van der Waals surface area contributed by atoms with Crippen LogP contribution < -0.4 is 5.32 Å². The van der Waals surface area contributed by atoms with Gasteiger partial charge in [0.05, 0.1) is 6.42 Å². The Morgan fingerprint density at radius 1 is 0.952 bits per heavy atom. The zero-order valence-electron chi connectivity index (χ0n) is 12.7. The first-order valence-corrected chi connectivity index (χ1v) is 8.57. The van der Waals surface area contributed by atoms with Crippen LogP contribution in [-0.2, 0) is 0 Å². The first kappa shape index (κ1) is 15.6. The smallest absolute Gasteiger partial charge is 0.311 e. The minimum atomic E-state index is -4.03. The van der Waals surface area contributed by atoms with E-state index in [0.29, 0.717) is 23.9 Å². The number of alkyl halides is 3. The van der Waals surface area contributed by atoms with Crippen LogP contribution in [0.3, 0.4) is 0 Å². The third-order valence-electron chi connectivity index (χ3n) is 5.56. The van der Waals surface area contributed by atoms with Crippen LogP contribution in [0.4, 0.5) is 13.2 Å². The standard InChI is InChI=1S/C16H27F3N2/c17-16(18,19)8-9-21-11-14(12-4-2-1-3-5-12)20-10-15(21)13-6-7-13/h12-15,20H,1-11H2. The van der Waals surface area contributed by atoms with Crippen LogP contribution >= 0.6 is 0 Å². The molecule has 21 heavy (non-hydrogen) atoms. The SMILES string of the molecule is FC(F)(F)CCN1CC(C2CCCCC2)NCC1C1CC1. The summed E-state index contributed by atoms with van der Waals surface area (Å²) in [5.41, 5.74) is 0. The second kappa shape index (κ2) is 6.45. The van der Waals surface area contributed by atoms with Gasteiger partial charge in [-0.1, -0.05) is 19.3 Å². The van der Waals surface area contributed by atoms with Gasteiger partial charge in [-0.3, -0.25) is 4.90 Å². The maximum absolute atomic E-state index is 12.6. The highest BCUT2D eigenvalue weighted by molar-refractivity contribution is 4.97. The lowest BCUT2D eigenvalue weighted by Gasteiger charge is -2.44. The minimum absolute atomic E-state index is 0.190. The lowest BCUT2D eigenvalue weighted by atomic mass is 9.82. The summed E-state index contributed by atoms with van der Waals surface area (Å²) < 4.78 is 37.7. The van der Waals surface area contributed by atoms with E-state index in [1.807, 2.05) is 0 Å². The zero-order chi connectivity index (χ0) is 14.9. The summed E-state index contributed by atoms with van der Waals surface area (Å²) in [5.74, 6) is 1.31. The molecule has 0 aromatic heterocycles. The molecule has 1 heterocycles. The van der Waals surface area contributed by atoms with Gasteiger partial charge in [0.1, 0.15) is 0 Å². The Morgan fingerprint density at radius 3 is 2.29 bits per heavy atom. The van der Waals surface area contributed by atoms with Gasteiger partial charge in [-0.25, -0.2) is 0 Å². The molecule has 3 aliphatic rings.